The number of phenols is 1. The predicted octanol–water partition coefficient (Wildman–Crippen LogP) is -0.247. The molecule has 2 aromatic rings. The first-order valence-electron chi connectivity index (χ1n) is 13.6. The average molecular weight is 584 g/mol. The maximum atomic E-state index is 13.4. The second-order valence-corrected chi connectivity index (χ2v) is 10.3. The molecule has 0 aliphatic heterocycles. The van der Waals surface area contributed by atoms with Crippen molar-refractivity contribution in [2.75, 3.05) is 6.54 Å². The third-order valence-corrected chi connectivity index (χ3v) is 6.45. The lowest BCUT2D eigenvalue weighted by atomic mass is 10.00. The first-order valence-corrected chi connectivity index (χ1v) is 13.6. The average Bonchev–Trinajstić information content (AvgIpc) is 2.94. The van der Waals surface area contributed by atoms with Crippen LogP contribution in [0, 0.1) is 5.92 Å². The lowest BCUT2D eigenvalue weighted by Gasteiger charge is -2.27. The molecule has 0 aromatic heterocycles. The van der Waals surface area contributed by atoms with Gasteiger partial charge in [0.25, 0.3) is 0 Å². The molecule has 0 heterocycles. The van der Waals surface area contributed by atoms with Crippen molar-refractivity contribution < 1.29 is 29.4 Å². The molecule has 4 unspecified atom stereocenters. The fraction of sp³-hybridized carbons (Fsp3) is 0.414. The number of nitrogens with one attached hydrogen (secondary N) is 3. The van der Waals surface area contributed by atoms with Gasteiger partial charge in [0, 0.05) is 13.0 Å². The van der Waals surface area contributed by atoms with Gasteiger partial charge in [-0.05, 0) is 48.4 Å². The van der Waals surface area contributed by atoms with E-state index in [-0.39, 0.29) is 37.5 Å². The first kappa shape index (κ1) is 33.6. The Labute approximate surface area is 244 Å². The van der Waals surface area contributed by atoms with E-state index in [4.69, 9.17) is 17.2 Å². The van der Waals surface area contributed by atoms with Gasteiger partial charge in [-0.2, -0.15) is 0 Å². The van der Waals surface area contributed by atoms with Gasteiger partial charge in [-0.25, -0.2) is 4.79 Å². The molecule has 4 atom stereocenters. The number of benzene rings is 2. The largest absolute Gasteiger partial charge is 0.508 e. The minimum Gasteiger partial charge on any atom is -0.508 e. The van der Waals surface area contributed by atoms with Crippen LogP contribution in [-0.2, 0) is 32.0 Å². The molecule has 2 aromatic carbocycles. The van der Waals surface area contributed by atoms with Crippen LogP contribution < -0.4 is 33.2 Å². The van der Waals surface area contributed by atoms with Gasteiger partial charge < -0.3 is 43.4 Å². The van der Waals surface area contributed by atoms with Crippen LogP contribution in [0.5, 0.6) is 5.75 Å². The Balaban J connectivity index is 2.14. The molecule has 0 saturated heterocycles. The molecular formula is C29H41N7O6. The van der Waals surface area contributed by atoms with Gasteiger partial charge >= 0.3 is 5.97 Å². The minimum atomic E-state index is -1.22. The second-order valence-electron chi connectivity index (χ2n) is 10.3. The smallest absolute Gasteiger partial charge is 0.326 e. The van der Waals surface area contributed by atoms with E-state index in [2.05, 4.69) is 20.9 Å². The zero-order valence-electron chi connectivity index (χ0n) is 23.8. The van der Waals surface area contributed by atoms with Crippen LogP contribution >= 0.6 is 0 Å². The van der Waals surface area contributed by atoms with Crippen LogP contribution in [0.1, 0.15) is 37.8 Å². The zero-order valence-corrected chi connectivity index (χ0v) is 23.8. The SMILES string of the molecule is CC(C)C(NC(=O)C(CCCN=C(N)N)NC(=O)C(N)Cc1ccc(O)cc1)C(=O)NC(Cc1ccccc1)C(=O)O. The molecule has 11 N–H and O–H groups in total. The third kappa shape index (κ3) is 11.5. The number of carbonyl (C=O) groups is 4. The number of amides is 3. The van der Waals surface area contributed by atoms with Gasteiger partial charge in [0.1, 0.15) is 23.9 Å². The van der Waals surface area contributed by atoms with Crippen molar-refractivity contribution in [1.29, 1.82) is 0 Å². The van der Waals surface area contributed by atoms with Gasteiger partial charge in [0.15, 0.2) is 5.96 Å². The summed E-state index contributed by atoms with van der Waals surface area (Å²) in [7, 11) is 0. The predicted molar refractivity (Wildman–Crippen MR) is 158 cm³/mol. The highest BCUT2D eigenvalue weighted by Crippen LogP contribution is 2.12. The number of hydrogen-bond acceptors (Lipinski definition) is 7. The van der Waals surface area contributed by atoms with E-state index in [0.29, 0.717) is 12.0 Å². The zero-order chi connectivity index (χ0) is 31.2. The van der Waals surface area contributed by atoms with Gasteiger partial charge in [0.05, 0.1) is 6.04 Å². The highest BCUT2D eigenvalue weighted by atomic mass is 16.4. The van der Waals surface area contributed by atoms with Gasteiger partial charge in [-0.15, -0.1) is 0 Å². The number of aliphatic imine (C=N–C) groups is 1. The number of hydrogen-bond donors (Lipinski definition) is 8. The maximum Gasteiger partial charge on any atom is 0.326 e. The topological polar surface area (TPSA) is 235 Å². The highest BCUT2D eigenvalue weighted by Gasteiger charge is 2.32. The van der Waals surface area contributed by atoms with E-state index in [1.54, 1.807) is 56.3 Å². The molecular weight excluding hydrogens is 542 g/mol. The van der Waals surface area contributed by atoms with E-state index in [9.17, 15) is 29.4 Å². The Hall–Kier alpha value is -4.65. The fourth-order valence-electron chi connectivity index (χ4n) is 4.13. The quantitative estimate of drug-likeness (QED) is 0.0738. The summed E-state index contributed by atoms with van der Waals surface area (Å²) in [5.74, 6) is -3.57. The van der Waals surface area contributed by atoms with Gasteiger partial charge in [-0.1, -0.05) is 56.3 Å². The van der Waals surface area contributed by atoms with Crippen molar-refractivity contribution in [3.8, 4) is 5.75 Å². The van der Waals surface area contributed by atoms with Crippen LogP contribution in [-0.4, -0.2) is 70.6 Å². The molecule has 0 aliphatic carbocycles. The van der Waals surface area contributed by atoms with Crippen LogP contribution in [0.15, 0.2) is 59.6 Å². The number of aromatic hydroxyl groups is 1. The number of phenolic OH excluding ortho intramolecular Hbond substituents is 1. The molecule has 13 nitrogen and oxygen atoms in total. The van der Waals surface area contributed by atoms with Crippen molar-refractivity contribution in [3.63, 3.8) is 0 Å². The number of carboxylic acid groups (broad SMARTS) is 1. The Kier molecular flexibility index (Phi) is 13.2. The lowest BCUT2D eigenvalue weighted by molar-refractivity contribution is -0.142. The molecule has 0 fully saturated rings. The van der Waals surface area contributed by atoms with Gasteiger partial charge in [-0.3, -0.25) is 19.4 Å². The number of carboxylic acids is 1. The van der Waals surface area contributed by atoms with Crippen LogP contribution in [0.3, 0.4) is 0 Å². The summed E-state index contributed by atoms with van der Waals surface area (Å²) < 4.78 is 0. The Morgan fingerprint density at radius 1 is 0.810 bits per heavy atom. The molecule has 13 heteroatoms. The molecule has 3 amide bonds. The summed E-state index contributed by atoms with van der Waals surface area (Å²) in [6.45, 7) is 3.62. The molecule has 0 spiro atoms. The number of guanidine groups is 1. The molecule has 0 saturated carbocycles. The molecule has 42 heavy (non-hydrogen) atoms. The maximum absolute atomic E-state index is 13.4. The highest BCUT2D eigenvalue weighted by molar-refractivity contribution is 5.94. The van der Waals surface area contributed by atoms with E-state index < -0.39 is 53.8 Å². The molecule has 0 radical (unpaired) electrons. The summed E-state index contributed by atoms with van der Waals surface area (Å²) in [6.07, 6.45) is 0.686. The number of rotatable bonds is 16. The van der Waals surface area contributed by atoms with Crippen molar-refractivity contribution in [1.82, 2.24) is 16.0 Å². The van der Waals surface area contributed by atoms with Crippen LogP contribution in [0.25, 0.3) is 0 Å². The summed E-state index contributed by atoms with van der Waals surface area (Å²) in [5, 5.41) is 27.0. The summed E-state index contributed by atoms with van der Waals surface area (Å²) in [5.41, 5.74) is 18.3. The Bertz CT molecular complexity index is 1220. The fourth-order valence-corrected chi connectivity index (χ4v) is 4.13. The standard InChI is InChI=1S/C29H41N7O6/c1-17(2)24(27(40)35-23(28(41)42)16-18-7-4-3-5-8-18)36-26(39)22(9-6-14-33-29(31)32)34-25(38)21(30)15-19-10-12-20(37)13-11-19/h3-5,7-8,10-13,17,21-24,37H,6,9,14-16,30H2,1-2H3,(H,34,38)(H,35,40)(H,36,39)(H,41,42)(H4,31,32,33). The number of nitrogens with zero attached hydrogens (tertiary/aromatic N) is 1. The summed E-state index contributed by atoms with van der Waals surface area (Å²) >= 11 is 0. The molecule has 0 aliphatic rings. The van der Waals surface area contributed by atoms with Crippen molar-refractivity contribution in [2.24, 2.45) is 28.1 Å². The van der Waals surface area contributed by atoms with Crippen molar-refractivity contribution >= 4 is 29.7 Å². The first-order chi connectivity index (χ1) is 19.9. The van der Waals surface area contributed by atoms with Crippen molar-refractivity contribution in [3.05, 3.63) is 65.7 Å². The van der Waals surface area contributed by atoms with Gasteiger partial charge in [0.2, 0.25) is 17.7 Å². The second kappa shape index (κ2) is 16.6. The Morgan fingerprint density at radius 2 is 1.40 bits per heavy atom. The molecule has 2 rings (SSSR count). The number of nitrogens with two attached hydrogens (primary N) is 3. The number of aliphatic carboxylic acids is 1. The normalized spacial score (nSPS) is 13.7. The lowest BCUT2D eigenvalue weighted by Crippen LogP contribution is -2.58. The molecule has 0 bridgehead atoms. The molecule has 228 valence electrons. The van der Waals surface area contributed by atoms with Crippen LogP contribution in [0.4, 0.5) is 0 Å². The van der Waals surface area contributed by atoms with E-state index in [0.717, 1.165) is 5.56 Å². The van der Waals surface area contributed by atoms with E-state index >= 15 is 0 Å². The van der Waals surface area contributed by atoms with E-state index in [1.165, 1.54) is 12.1 Å². The van der Waals surface area contributed by atoms with Crippen molar-refractivity contribution in [2.45, 2.75) is 63.7 Å². The number of carbonyl (C=O) groups excluding carboxylic acids is 3. The third-order valence-electron chi connectivity index (χ3n) is 6.45. The summed E-state index contributed by atoms with van der Waals surface area (Å²) in [4.78, 5) is 55.3. The van der Waals surface area contributed by atoms with E-state index in [1.807, 2.05) is 0 Å². The summed E-state index contributed by atoms with van der Waals surface area (Å²) in [6, 6.07) is 10.7. The Morgan fingerprint density at radius 3 is 1.98 bits per heavy atom. The van der Waals surface area contributed by atoms with Crippen LogP contribution in [0.2, 0.25) is 0 Å². The minimum absolute atomic E-state index is 0.0586. The monoisotopic (exact) mass is 583 g/mol.